The fourth-order valence-corrected chi connectivity index (χ4v) is 2.44. The molecule has 1 heterocycles. The maximum Gasteiger partial charge on any atom is 0.239 e. The maximum atomic E-state index is 12.1. The molecule has 104 valence electrons. The molecule has 18 heavy (non-hydrogen) atoms. The number of rotatable bonds is 5. The van der Waals surface area contributed by atoms with Crippen LogP contribution < -0.4 is 0 Å². The van der Waals surface area contributed by atoms with Crippen molar-refractivity contribution in [2.45, 2.75) is 32.7 Å². The maximum absolute atomic E-state index is 12.1. The van der Waals surface area contributed by atoms with Gasteiger partial charge in [-0.1, -0.05) is 0 Å². The van der Waals surface area contributed by atoms with Gasteiger partial charge in [-0.15, -0.1) is 0 Å². The minimum absolute atomic E-state index is 0.111. The van der Waals surface area contributed by atoms with Crippen molar-refractivity contribution in [1.29, 1.82) is 0 Å². The molecule has 0 bridgehead atoms. The fraction of sp³-hybridized carbons (Fsp3) is 0.846. The Morgan fingerprint density at radius 3 is 2.33 bits per heavy atom. The summed E-state index contributed by atoms with van der Waals surface area (Å²) in [4.78, 5) is 29.5. The molecule has 5 heteroatoms. The van der Waals surface area contributed by atoms with Crippen LogP contribution >= 0.6 is 0 Å². The Labute approximate surface area is 110 Å². The van der Waals surface area contributed by atoms with E-state index >= 15 is 0 Å². The van der Waals surface area contributed by atoms with Crippen LogP contribution in [0.15, 0.2) is 0 Å². The number of nitrogens with zero attached hydrogens (tertiary/aromatic N) is 3. The van der Waals surface area contributed by atoms with E-state index in [2.05, 4.69) is 0 Å². The zero-order chi connectivity index (χ0) is 13.7. The summed E-state index contributed by atoms with van der Waals surface area (Å²) >= 11 is 0. The van der Waals surface area contributed by atoms with Crippen molar-refractivity contribution in [2.24, 2.45) is 0 Å². The molecule has 0 N–H and O–H groups in total. The molecular formula is C13H25N3O2. The molecule has 1 fully saturated rings. The van der Waals surface area contributed by atoms with E-state index in [0.29, 0.717) is 6.54 Å². The lowest BCUT2D eigenvalue weighted by Gasteiger charge is -2.28. The van der Waals surface area contributed by atoms with Crippen LogP contribution in [0.3, 0.4) is 0 Å². The number of hydrogen-bond acceptors (Lipinski definition) is 3. The van der Waals surface area contributed by atoms with Gasteiger partial charge >= 0.3 is 0 Å². The van der Waals surface area contributed by atoms with Crippen molar-refractivity contribution in [3.63, 3.8) is 0 Å². The van der Waals surface area contributed by atoms with Gasteiger partial charge in [-0.25, -0.2) is 0 Å². The molecule has 0 aromatic carbocycles. The summed E-state index contributed by atoms with van der Waals surface area (Å²) in [5.74, 6) is 0.235. The van der Waals surface area contributed by atoms with Crippen molar-refractivity contribution in [1.82, 2.24) is 14.7 Å². The molecule has 0 unspecified atom stereocenters. The first-order valence-corrected chi connectivity index (χ1v) is 6.74. The van der Waals surface area contributed by atoms with E-state index in [1.165, 1.54) is 0 Å². The second-order valence-corrected chi connectivity index (χ2v) is 4.93. The average molecular weight is 255 g/mol. The van der Waals surface area contributed by atoms with Crippen LogP contribution in [-0.2, 0) is 9.59 Å². The molecule has 0 spiro atoms. The third kappa shape index (κ3) is 3.45. The zero-order valence-corrected chi connectivity index (χ0v) is 12.0. The SMILES string of the molecule is CCN(CC)C(=O)CN1CCC[C@H]1C(=O)N(C)C. The Bertz CT molecular complexity index is 301. The summed E-state index contributed by atoms with van der Waals surface area (Å²) in [5, 5.41) is 0. The van der Waals surface area contributed by atoms with E-state index < -0.39 is 0 Å². The van der Waals surface area contributed by atoms with Crippen LogP contribution in [0.2, 0.25) is 0 Å². The zero-order valence-electron chi connectivity index (χ0n) is 12.0. The van der Waals surface area contributed by atoms with Crippen molar-refractivity contribution in [3.8, 4) is 0 Å². The Hall–Kier alpha value is -1.10. The van der Waals surface area contributed by atoms with Crippen molar-refractivity contribution in [2.75, 3.05) is 40.3 Å². The summed E-state index contributed by atoms with van der Waals surface area (Å²) in [5.41, 5.74) is 0. The van der Waals surface area contributed by atoms with Gasteiger partial charge in [-0.3, -0.25) is 14.5 Å². The minimum Gasteiger partial charge on any atom is -0.347 e. The standard InChI is InChI=1S/C13H25N3O2/c1-5-15(6-2)12(17)10-16-9-7-8-11(16)13(18)14(3)4/h11H,5-10H2,1-4H3/t11-/m0/s1. The average Bonchev–Trinajstić information content (AvgIpc) is 2.77. The lowest BCUT2D eigenvalue weighted by molar-refractivity contribution is -0.136. The summed E-state index contributed by atoms with van der Waals surface area (Å²) in [7, 11) is 3.54. The highest BCUT2D eigenvalue weighted by Crippen LogP contribution is 2.18. The fourth-order valence-electron chi connectivity index (χ4n) is 2.44. The number of amides is 2. The van der Waals surface area contributed by atoms with Crippen LogP contribution in [0, 0.1) is 0 Å². The highest BCUT2D eigenvalue weighted by atomic mass is 16.2. The van der Waals surface area contributed by atoms with Gasteiger partial charge in [-0.05, 0) is 33.2 Å². The molecule has 1 atom stereocenters. The Morgan fingerprint density at radius 1 is 1.22 bits per heavy atom. The van der Waals surface area contributed by atoms with Gasteiger partial charge in [0, 0.05) is 27.2 Å². The number of likely N-dealkylation sites (N-methyl/N-ethyl adjacent to an activating group) is 2. The van der Waals surface area contributed by atoms with Gasteiger partial charge in [0.1, 0.15) is 0 Å². The Morgan fingerprint density at radius 2 is 1.83 bits per heavy atom. The smallest absolute Gasteiger partial charge is 0.239 e. The van der Waals surface area contributed by atoms with E-state index in [9.17, 15) is 9.59 Å². The Kier molecular flexibility index (Phi) is 5.59. The largest absolute Gasteiger partial charge is 0.347 e. The van der Waals surface area contributed by atoms with Crippen molar-refractivity contribution >= 4 is 11.8 Å². The van der Waals surface area contributed by atoms with Gasteiger partial charge in [0.05, 0.1) is 12.6 Å². The minimum atomic E-state index is -0.112. The third-order valence-corrected chi connectivity index (χ3v) is 3.54. The molecule has 0 radical (unpaired) electrons. The van der Waals surface area contributed by atoms with Crippen LogP contribution in [0.5, 0.6) is 0 Å². The molecular weight excluding hydrogens is 230 g/mol. The summed E-state index contributed by atoms with van der Waals surface area (Å²) < 4.78 is 0. The second kappa shape index (κ2) is 6.73. The van der Waals surface area contributed by atoms with Crippen LogP contribution in [-0.4, -0.2) is 72.8 Å². The monoisotopic (exact) mass is 255 g/mol. The first kappa shape index (κ1) is 15.0. The molecule has 1 aliphatic heterocycles. The van der Waals surface area contributed by atoms with E-state index in [1.54, 1.807) is 19.0 Å². The molecule has 1 aliphatic rings. The number of carbonyl (C=O) groups is 2. The molecule has 0 saturated carbocycles. The van der Waals surface area contributed by atoms with E-state index in [0.717, 1.165) is 32.5 Å². The van der Waals surface area contributed by atoms with Crippen LogP contribution in [0.1, 0.15) is 26.7 Å². The molecule has 0 aromatic heterocycles. The number of hydrogen-bond donors (Lipinski definition) is 0. The van der Waals surface area contributed by atoms with E-state index in [4.69, 9.17) is 0 Å². The van der Waals surface area contributed by atoms with Gasteiger partial charge < -0.3 is 9.80 Å². The van der Waals surface area contributed by atoms with Crippen LogP contribution in [0.4, 0.5) is 0 Å². The highest BCUT2D eigenvalue weighted by Gasteiger charge is 2.33. The normalized spacial score (nSPS) is 19.9. The number of likely N-dealkylation sites (tertiary alicyclic amines) is 1. The molecule has 1 saturated heterocycles. The predicted octanol–water partition coefficient (Wildman–Crippen LogP) is 0.407. The van der Waals surface area contributed by atoms with Crippen molar-refractivity contribution < 1.29 is 9.59 Å². The van der Waals surface area contributed by atoms with Gasteiger partial charge in [0.25, 0.3) is 0 Å². The quantitative estimate of drug-likeness (QED) is 0.714. The second-order valence-electron chi connectivity index (χ2n) is 4.93. The lowest BCUT2D eigenvalue weighted by atomic mass is 10.2. The number of carbonyl (C=O) groups excluding carboxylic acids is 2. The summed E-state index contributed by atoms with van der Waals surface area (Å²) in [6.45, 7) is 6.63. The molecule has 0 aliphatic carbocycles. The third-order valence-electron chi connectivity index (χ3n) is 3.54. The lowest BCUT2D eigenvalue weighted by Crippen LogP contribution is -2.47. The highest BCUT2D eigenvalue weighted by molar-refractivity contribution is 5.83. The first-order chi connectivity index (χ1) is 8.51. The van der Waals surface area contributed by atoms with Crippen LogP contribution in [0.25, 0.3) is 0 Å². The molecule has 2 amide bonds. The summed E-state index contributed by atoms with van der Waals surface area (Å²) in [6, 6.07) is -0.112. The predicted molar refractivity (Wildman–Crippen MR) is 71.2 cm³/mol. The van der Waals surface area contributed by atoms with Gasteiger partial charge in [0.2, 0.25) is 11.8 Å². The Balaban J connectivity index is 2.60. The van der Waals surface area contributed by atoms with E-state index in [-0.39, 0.29) is 17.9 Å². The topological polar surface area (TPSA) is 43.9 Å². The van der Waals surface area contributed by atoms with Gasteiger partial charge in [-0.2, -0.15) is 0 Å². The van der Waals surface area contributed by atoms with Crippen molar-refractivity contribution in [3.05, 3.63) is 0 Å². The summed E-state index contributed by atoms with van der Waals surface area (Å²) in [6.07, 6.45) is 1.86. The van der Waals surface area contributed by atoms with E-state index in [1.807, 2.05) is 23.6 Å². The first-order valence-electron chi connectivity index (χ1n) is 6.74. The molecule has 0 aromatic rings. The molecule has 1 rings (SSSR count). The van der Waals surface area contributed by atoms with Gasteiger partial charge in [0.15, 0.2) is 0 Å². The molecule has 5 nitrogen and oxygen atoms in total.